The van der Waals surface area contributed by atoms with Crippen LogP contribution in [0.2, 0.25) is 0 Å². The van der Waals surface area contributed by atoms with Gasteiger partial charge in [0, 0.05) is 51.3 Å². The standard InChI is InChI=1S/C14H22BrN3/c1-17(2)14-11-12(3-4-13(14)15)5-8-18-9-6-16-7-10-18/h3-4,11,16H,5-10H2,1-2H3. The van der Waals surface area contributed by atoms with Crippen LogP contribution in [0.4, 0.5) is 5.69 Å². The number of hydrogen-bond acceptors (Lipinski definition) is 3. The molecule has 0 bridgehead atoms. The first kappa shape index (κ1) is 13.8. The molecule has 0 saturated carbocycles. The number of halogens is 1. The lowest BCUT2D eigenvalue weighted by Gasteiger charge is -2.27. The summed E-state index contributed by atoms with van der Waals surface area (Å²) in [5.74, 6) is 0. The maximum Gasteiger partial charge on any atom is 0.0508 e. The van der Waals surface area contributed by atoms with Gasteiger partial charge in [0.1, 0.15) is 0 Å². The highest BCUT2D eigenvalue weighted by Crippen LogP contribution is 2.26. The second kappa shape index (κ2) is 6.55. The molecular formula is C14H22BrN3. The number of benzene rings is 1. The summed E-state index contributed by atoms with van der Waals surface area (Å²) >= 11 is 3.60. The van der Waals surface area contributed by atoms with Crippen LogP contribution >= 0.6 is 15.9 Å². The van der Waals surface area contributed by atoms with Crippen LogP contribution in [0.5, 0.6) is 0 Å². The predicted octanol–water partition coefficient (Wildman–Crippen LogP) is 1.96. The van der Waals surface area contributed by atoms with Crippen molar-refractivity contribution in [3.63, 3.8) is 0 Å². The van der Waals surface area contributed by atoms with Gasteiger partial charge >= 0.3 is 0 Å². The van der Waals surface area contributed by atoms with Crippen LogP contribution in [-0.4, -0.2) is 51.7 Å². The summed E-state index contributed by atoms with van der Waals surface area (Å²) in [5.41, 5.74) is 2.67. The maximum atomic E-state index is 3.60. The molecule has 0 atom stereocenters. The van der Waals surface area contributed by atoms with Gasteiger partial charge in [-0.1, -0.05) is 6.07 Å². The van der Waals surface area contributed by atoms with Crippen molar-refractivity contribution < 1.29 is 0 Å². The molecule has 1 aliphatic heterocycles. The first-order chi connectivity index (χ1) is 8.66. The average molecular weight is 312 g/mol. The van der Waals surface area contributed by atoms with Crippen molar-refractivity contribution in [2.45, 2.75) is 6.42 Å². The summed E-state index contributed by atoms with van der Waals surface area (Å²) in [5, 5.41) is 3.39. The molecule has 1 saturated heterocycles. The monoisotopic (exact) mass is 311 g/mol. The topological polar surface area (TPSA) is 18.5 Å². The van der Waals surface area contributed by atoms with E-state index in [2.05, 4.69) is 63.3 Å². The first-order valence-electron chi connectivity index (χ1n) is 6.55. The second-order valence-corrected chi connectivity index (χ2v) is 5.88. The third-order valence-corrected chi connectivity index (χ3v) is 4.09. The molecule has 1 aromatic rings. The van der Waals surface area contributed by atoms with Crippen molar-refractivity contribution in [3.8, 4) is 0 Å². The molecule has 1 fully saturated rings. The zero-order valence-electron chi connectivity index (χ0n) is 11.2. The van der Waals surface area contributed by atoms with Gasteiger partial charge in [0.25, 0.3) is 0 Å². The zero-order valence-corrected chi connectivity index (χ0v) is 12.8. The van der Waals surface area contributed by atoms with Gasteiger partial charge in [0.15, 0.2) is 0 Å². The summed E-state index contributed by atoms with van der Waals surface area (Å²) in [7, 11) is 4.17. The fraction of sp³-hybridized carbons (Fsp3) is 0.571. The van der Waals surface area contributed by atoms with Crippen molar-refractivity contribution in [1.82, 2.24) is 10.2 Å². The number of piperazine rings is 1. The predicted molar refractivity (Wildman–Crippen MR) is 81.5 cm³/mol. The van der Waals surface area contributed by atoms with Crippen LogP contribution < -0.4 is 10.2 Å². The van der Waals surface area contributed by atoms with Gasteiger partial charge in [-0.25, -0.2) is 0 Å². The summed E-state index contributed by atoms with van der Waals surface area (Å²) < 4.78 is 1.17. The van der Waals surface area contributed by atoms with Crippen LogP contribution in [-0.2, 0) is 6.42 Å². The van der Waals surface area contributed by atoms with Crippen molar-refractivity contribution in [3.05, 3.63) is 28.2 Å². The largest absolute Gasteiger partial charge is 0.377 e. The Morgan fingerprint density at radius 1 is 1.28 bits per heavy atom. The van der Waals surface area contributed by atoms with E-state index in [9.17, 15) is 0 Å². The van der Waals surface area contributed by atoms with Gasteiger partial charge in [-0.3, -0.25) is 0 Å². The lowest BCUT2D eigenvalue weighted by molar-refractivity contribution is 0.244. The quantitative estimate of drug-likeness (QED) is 0.917. The normalized spacial score (nSPS) is 16.8. The second-order valence-electron chi connectivity index (χ2n) is 5.02. The molecule has 0 radical (unpaired) electrons. The molecule has 4 heteroatoms. The summed E-state index contributed by atoms with van der Waals surface area (Å²) in [4.78, 5) is 4.69. The fourth-order valence-electron chi connectivity index (χ4n) is 2.28. The third kappa shape index (κ3) is 3.70. The number of nitrogens with zero attached hydrogens (tertiary/aromatic N) is 2. The van der Waals surface area contributed by atoms with Gasteiger partial charge in [0.2, 0.25) is 0 Å². The third-order valence-electron chi connectivity index (χ3n) is 3.42. The van der Waals surface area contributed by atoms with E-state index in [1.807, 2.05) is 0 Å². The Bertz CT molecular complexity index is 387. The molecule has 100 valence electrons. The van der Waals surface area contributed by atoms with Gasteiger partial charge in [0.05, 0.1) is 5.69 Å². The summed E-state index contributed by atoms with van der Waals surface area (Å²) in [6.45, 7) is 5.77. The molecule has 1 N–H and O–H groups in total. The minimum Gasteiger partial charge on any atom is -0.377 e. The number of anilines is 1. The van der Waals surface area contributed by atoms with Crippen LogP contribution in [0.3, 0.4) is 0 Å². The lowest BCUT2D eigenvalue weighted by Crippen LogP contribution is -2.44. The van der Waals surface area contributed by atoms with E-state index in [0.717, 1.165) is 26.1 Å². The minimum absolute atomic E-state index is 1.13. The Labute approximate surface area is 118 Å². The molecule has 1 aliphatic rings. The molecule has 1 aromatic carbocycles. The van der Waals surface area contributed by atoms with Gasteiger partial charge in [-0.2, -0.15) is 0 Å². The molecule has 3 nitrogen and oxygen atoms in total. The van der Waals surface area contributed by atoms with E-state index in [-0.39, 0.29) is 0 Å². The highest BCUT2D eigenvalue weighted by Gasteiger charge is 2.10. The Morgan fingerprint density at radius 3 is 2.67 bits per heavy atom. The molecule has 0 amide bonds. The molecule has 0 spiro atoms. The Kier molecular flexibility index (Phi) is 5.03. The Hall–Kier alpha value is -0.580. The molecule has 0 unspecified atom stereocenters. The summed E-state index contributed by atoms with van der Waals surface area (Å²) in [6.07, 6.45) is 1.13. The SMILES string of the molecule is CN(C)c1cc(CCN2CCNCC2)ccc1Br. The lowest BCUT2D eigenvalue weighted by atomic mass is 10.1. The molecule has 0 aromatic heterocycles. The molecule has 0 aliphatic carbocycles. The number of rotatable bonds is 4. The minimum atomic E-state index is 1.13. The number of hydrogen-bond donors (Lipinski definition) is 1. The maximum absolute atomic E-state index is 3.60. The van der Waals surface area contributed by atoms with Crippen molar-refractivity contribution >= 4 is 21.6 Å². The van der Waals surface area contributed by atoms with Gasteiger partial charge in [-0.05, 0) is 40.0 Å². The summed E-state index contributed by atoms with van der Waals surface area (Å²) in [6, 6.07) is 6.66. The Balaban J connectivity index is 1.94. The van der Waals surface area contributed by atoms with E-state index < -0.39 is 0 Å². The van der Waals surface area contributed by atoms with E-state index in [0.29, 0.717) is 0 Å². The van der Waals surface area contributed by atoms with E-state index in [1.54, 1.807) is 0 Å². The molecule has 1 heterocycles. The molecule has 2 rings (SSSR count). The van der Waals surface area contributed by atoms with Crippen molar-refractivity contribution in [2.24, 2.45) is 0 Å². The van der Waals surface area contributed by atoms with Crippen LogP contribution in [0.1, 0.15) is 5.56 Å². The highest BCUT2D eigenvalue weighted by molar-refractivity contribution is 9.10. The van der Waals surface area contributed by atoms with Crippen molar-refractivity contribution in [2.75, 3.05) is 51.7 Å². The van der Waals surface area contributed by atoms with E-state index in [1.165, 1.54) is 28.8 Å². The van der Waals surface area contributed by atoms with Crippen LogP contribution in [0, 0.1) is 0 Å². The van der Waals surface area contributed by atoms with Gasteiger partial charge < -0.3 is 15.1 Å². The van der Waals surface area contributed by atoms with Gasteiger partial charge in [-0.15, -0.1) is 0 Å². The van der Waals surface area contributed by atoms with Crippen molar-refractivity contribution in [1.29, 1.82) is 0 Å². The smallest absolute Gasteiger partial charge is 0.0508 e. The van der Waals surface area contributed by atoms with Crippen LogP contribution in [0.25, 0.3) is 0 Å². The fourth-order valence-corrected chi connectivity index (χ4v) is 2.88. The van der Waals surface area contributed by atoms with E-state index in [4.69, 9.17) is 0 Å². The zero-order chi connectivity index (χ0) is 13.0. The Morgan fingerprint density at radius 2 is 2.00 bits per heavy atom. The first-order valence-corrected chi connectivity index (χ1v) is 7.35. The molecule has 18 heavy (non-hydrogen) atoms. The highest BCUT2D eigenvalue weighted by atomic mass is 79.9. The van der Waals surface area contributed by atoms with Crippen LogP contribution in [0.15, 0.2) is 22.7 Å². The average Bonchev–Trinajstić information content (AvgIpc) is 2.38. The number of nitrogens with one attached hydrogen (secondary N) is 1. The molecular weight excluding hydrogens is 290 g/mol. The van der Waals surface area contributed by atoms with E-state index >= 15 is 0 Å².